The molecule has 1 aliphatic heterocycles. The summed E-state index contributed by atoms with van der Waals surface area (Å²) < 4.78 is 1.37. The predicted octanol–water partition coefficient (Wildman–Crippen LogP) is 1.45. The van der Waals surface area contributed by atoms with Crippen LogP contribution >= 0.6 is 0 Å². The molecule has 0 radical (unpaired) electrons. The molecule has 10 heteroatoms. The Bertz CT molecular complexity index is 1400. The van der Waals surface area contributed by atoms with Crippen LogP contribution in [0.2, 0.25) is 0 Å². The summed E-state index contributed by atoms with van der Waals surface area (Å²) in [6, 6.07) is 11.8. The first-order valence-corrected chi connectivity index (χ1v) is 12.5. The summed E-state index contributed by atoms with van der Waals surface area (Å²) in [5.74, 6) is -0.228. The molecule has 2 N–H and O–H groups in total. The van der Waals surface area contributed by atoms with E-state index in [4.69, 9.17) is 0 Å². The first-order valence-electron chi connectivity index (χ1n) is 12.5. The zero-order chi connectivity index (χ0) is 25.2. The lowest BCUT2D eigenvalue weighted by Crippen LogP contribution is -2.49. The van der Waals surface area contributed by atoms with Crippen molar-refractivity contribution < 1.29 is 9.59 Å². The van der Waals surface area contributed by atoms with Gasteiger partial charge in [-0.25, -0.2) is 9.78 Å². The molecule has 2 fully saturated rings. The van der Waals surface area contributed by atoms with Crippen molar-refractivity contribution in [3.63, 3.8) is 0 Å². The van der Waals surface area contributed by atoms with Crippen LogP contribution in [-0.4, -0.2) is 64.0 Å². The molecule has 2 aliphatic rings. The van der Waals surface area contributed by atoms with Gasteiger partial charge in [-0.3, -0.25) is 23.9 Å². The number of benzene rings is 1. The maximum Gasteiger partial charge on any atom is 0.329 e. The molecule has 1 saturated heterocycles. The Morgan fingerprint density at radius 3 is 2.47 bits per heavy atom. The molecular weight excluding hydrogens is 460 g/mol. The minimum absolute atomic E-state index is 0.0149. The molecule has 0 bridgehead atoms. The van der Waals surface area contributed by atoms with E-state index in [2.05, 4.69) is 32.3 Å². The van der Waals surface area contributed by atoms with Gasteiger partial charge in [0.2, 0.25) is 5.91 Å². The number of hydrogen-bond donors (Lipinski definition) is 2. The second-order valence-corrected chi connectivity index (χ2v) is 9.28. The van der Waals surface area contributed by atoms with Gasteiger partial charge in [0.1, 0.15) is 0 Å². The van der Waals surface area contributed by atoms with E-state index in [9.17, 15) is 19.2 Å². The summed E-state index contributed by atoms with van der Waals surface area (Å²) in [6.45, 7) is 5.05. The molecule has 36 heavy (non-hydrogen) atoms. The van der Waals surface area contributed by atoms with Crippen molar-refractivity contribution in [3.05, 3.63) is 68.5 Å². The number of nitrogens with zero attached hydrogens (tertiary/aromatic N) is 4. The smallest absolute Gasteiger partial charge is 0.329 e. The van der Waals surface area contributed by atoms with Crippen LogP contribution in [0, 0.1) is 0 Å². The fourth-order valence-electron chi connectivity index (χ4n) is 4.74. The number of aromatic nitrogens is 3. The van der Waals surface area contributed by atoms with Crippen LogP contribution in [-0.2, 0) is 11.3 Å². The van der Waals surface area contributed by atoms with Crippen LogP contribution in [0.5, 0.6) is 0 Å². The van der Waals surface area contributed by atoms with Crippen LogP contribution in [0.15, 0.2) is 46.0 Å². The number of rotatable bonds is 7. The van der Waals surface area contributed by atoms with Gasteiger partial charge in [-0.05, 0) is 38.0 Å². The summed E-state index contributed by atoms with van der Waals surface area (Å²) in [6.07, 6.45) is 2.10. The van der Waals surface area contributed by atoms with Crippen molar-refractivity contribution in [1.29, 1.82) is 0 Å². The standard InChI is InChI=1S/C26H30N6O4/c1-2-32-23-22(25(35)29-26(32)36)19(16-20(28-23)17-8-9-17)24(34)27-11-10-21(33)31-14-12-30(13-15-31)18-6-4-3-5-7-18/h3-7,16-17H,2,8-15H2,1H3,(H,27,34)(H,29,35,36). The highest BCUT2D eigenvalue weighted by Gasteiger charge is 2.29. The number of nitrogens with one attached hydrogen (secondary N) is 2. The summed E-state index contributed by atoms with van der Waals surface area (Å²) >= 11 is 0. The van der Waals surface area contributed by atoms with Gasteiger partial charge in [-0.15, -0.1) is 0 Å². The van der Waals surface area contributed by atoms with Gasteiger partial charge in [-0.1, -0.05) is 18.2 Å². The molecule has 1 saturated carbocycles. The van der Waals surface area contributed by atoms with Gasteiger partial charge in [-0.2, -0.15) is 0 Å². The highest BCUT2D eigenvalue weighted by atomic mass is 16.2. The van der Waals surface area contributed by atoms with Crippen LogP contribution in [0.25, 0.3) is 11.0 Å². The Kier molecular flexibility index (Phi) is 6.58. The van der Waals surface area contributed by atoms with E-state index in [1.807, 2.05) is 23.1 Å². The zero-order valence-electron chi connectivity index (χ0n) is 20.3. The van der Waals surface area contributed by atoms with Crippen molar-refractivity contribution in [3.8, 4) is 0 Å². The lowest BCUT2D eigenvalue weighted by molar-refractivity contribution is -0.131. The molecule has 10 nitrogen and oxygen atoms in total. The molecule has 2 amide bonds. The van der Waals surface area contributed by atoms with Crippen molar-refractivity contribution in [1.82, 2.24) is 24.8 Å². The number of hydrogen-bond acceptors (Lipinski definition) is 6. The van der Waals surface area contributed by atoms with E-state index in [0.29, 0.717) is 25.3 Å². The van der Waals surface area contributed by atoms with E-state index >= 15 is 0 Å². The molecule has 3 heterocycles. The molecule has 0 spiro atoms. The van der Waals surface area contributed by atoms with Crippen LogP contribution in [0.4, 0.5) is 5.69 Å². The van der Waals surface area contributed by atoms with Gasteiger partial charge < -0.3 is 15.1 Å². The Labute approximate surface area is 207 Å². The van der Waals surface area contributed by atoms with E-state index in [-0.39, 0.29) is 41.4 Å². The van der Waals surface area contributed by atoms with Gasteiger partial charge >= 0.3 is 5.69 Å². The Morgan fingerprint density at radius 1 is 1.08 bits per heavy atom. The third-order valence-corrected chi connectivity index (χ3v) is 6.90. The van der Waals surface area contributed by atoms with Crippen molar-refractivity contribution >= 4 is 28.5 Å². The monoisotopic (exact) mass is 490 g/mol. The lowest BCUT2D eigenvalue weighted by atomic mass is 10.1. The minimum Gasteiger partial charge on any atom is -0.368 e. The molecular formula is C26H30N6O4. The minimum atomic E-state index is -0.632. The SMILES string of the molecule is CCn1c(=O)[nH]c(=O)c2c(C(=O)NCCC(=O)N3CCN(c4ccccc4)CC3)cc(C3CC3)nc21. The third-order valence-electron chi connectivity index (χ3n) is 6.90. The maximum atomic E-state index is 13.1. The Hall–Kier alpha value is -3.95. The van der Waals surface area contributed by atoms with Gasteiger partial charge in [0, 0.05) is 63.0 Å². The number of piperazine rings is 1. The largest absolute Gasteiger partial charge is 0.368 e. The van der Waals surface area contributed by atoms with Crippen LogP contribution in [0.3, 0.4) is 0 Å². The molecule has 1 aromatic carbocycles. The van der Waals surface area contributed by atoms with Crippen molar-refractivity contribution in [2.75, 3.05) is 37.6 Å². The molecule has 2 aromatic heterocycles. The van der Waals surface area contributed by atoms with Crippen LogP contribution in [0.1, 0.15) is 48.2 Å². The highest BCUT2D eigenvalue weighted by Crippen LogP contribution is 2.39. The average molecular weight is 491 g/mol. The topological polar surface area (TPSA) is 120 Å². The molecule has 0 unspecified atom stereocenters. The number of para-hydroxylation sites is 1. The van der Waals surface area contributed by atoms with Gasteiger partial charge in [0.15, 0.2) is 5.65 Å². The number of anilines is 1. The summed E-state index contributed by atoms with van der Waals surface area (Å²) in [5.41, 5.74) is 1.11. The molecule has 0 atom stereocenters. The number of carbonyl (C=O) groups excluding carboxylic acids is 2. The first kappa shape index (κ1) is 23.8. The Morgan fingerprint density at radius 2 is 1.81 bits per heavy atom. The maximum absolute atomic E-state index is 13.1. The first-order chi connectivity index (χ1) is 17.5. The van der Waals surface area contributed by atoms with Gasteiger partial charge in [0.05, 0.1) is 10.9 Å². The van der Waals surface area contributed by atoms with E-state index in [0.717, 1.165) is 31.6 Å². The third kappa shape index (κ3) is 4.75. The zero-order valence-corrected chi connectivity index (χ0v) is 20.3. The Balaban J connectivity index is 1.25. The number of amides is 2. The molecule has 188 valence electrons. The van der Waals surface area contributed by atoms with Gasteiger partial charge in [0.25, 0.3) is 11.5 Å². The molecule has 1 aliphatic carbocycles. The fraction of sp³-hybridized carbons (Fsp3) is 0.423. The number of aryl methyl sites for hydroxylation is 1. The molecule has 5 rings (SSSR count). The molecule has 3 aromatic rings. The van der Waals surface area contributed by atoms with E-state index in [1.54, 1.807) is 13.0 Å². The highest BCUT2D eigenvalue weighted by molar-refractivity contribution is 6.05. The van der Waals surface area contributed by atoms with Crippen molar-refractivity contribution in [2.45, 2.75) is 38.6 Å². The number of pyridine rings is 1. The van der Waals surface area contributed by atoms with Crippen LogP contribution < -0.4 is 21.5 Å². The summed E-state index contributed by atoms with van der Waals surface area (Å²) in [4.78, 5) is 61.8. The van der Waals surface area contributed by atoms with E-state index in [1.165, 1.54) is 4.57 Å². The second-order valence-electron chi connectivity index (χ2n) is 9.28. The average Bonchev–Trinajstić information content (AvgIpc) is 3.74. The summed E-state index contributed by atoms with van der Waals surface area (Å²) in [7, 11) is 0. The number of carbonyl (C=O) groups is 2. The number of H-pyrrole nitrogens is 1. The van der Waals surface area contributed by atoms with E-state index < -0.39 is 17.2 Å². The second kappa shape index (κ2) is 9.96. The fourth-order valence-corrected chi connectivity index (χ4v) is 4.74. The quantitative estimate of drug-likeness (QED) is 0.517. The number of aromatic amines is 1. The normalized spacial score (nSPS) is 15.8. The predicted molar refractivity (Wildman–Crippen MR) is 136 cm³/mol. The van der Waals surface area contributed by atoms with Crippen molar-refractivity contribution in [2.24, 2.45) is 0 Å². The summed E-state index contributed by atoms with van der Waals surface area (Å²) in [5, 5.41) is 2.90. The number of fused-ring (bicyclic) bond motifs is 1. The lowest BCUT2D eigenvalue weighted by Gasteiger charge is -2.36.